The van der Waals surface area contributed by atoms with Crippen LogP contribution in [0.5, 0.6) is 0 Å². The molecule has 2 rings (SSSR count). The summed E-state index contributed by atoms with van der Waals surface area (Å²) >= 11 is 4.93. The standard InChI is InChI=1S/C11H8BrFS/c12-10(8-4-2-1-3-5-8)11-9(13)6-7-14-11/h1-7,10H. The largest absolute Gasteiger partial charge is 0.206 e. The summed E-state index contributed by atoms with van der Waals surface area (Å²) in [5, 5.41) is 1.77. The lowest BCUT2D eigenvalue weighted by molar-refractivity contribution is 0.621. The van der Waals surface area contributed by atoms with Gasteiger partial charge in [-0.2, -0.15) is 0 Å². The van der Waals surface area contributed by atoms with Crippen LogP contribution in [0.1, 0.15) is 15.3 Å². The fourth-order valence-corrected chi connectivity index (χ4v) is 2.88. The molecule has 0 aliphatic heterocycles. The van der Waals surface area contributed by atoms with Crippen molar-refractivity contribution < 1.29 is 4.39 Å². The smallest absolute Gasteiger partial charge is 0.138 e. The molecule has 1 unspecified atom stereocenters. The molecule has 0 radical (unpaired) electrons. The Balaban J connectivity index is 2.34. The number of rotatable bonds is 2. The molecular weight excluding hydrogens is 263 g/mol. The molecule has 0 bridgehead atoms. The van der Waals surface area contributed by atoms with Gasteiger partial charge in [-0.25, -0.2) is 4.39 Å². The van der Waals surface area contributed by atoms with E-state index in [4.69, 9.17) is 0 Å². The lowest BCUT2D eigenvalue weighted by atomic mass is 10.1. The Labute approximate surface area is 94.5 Å². The van der Waals surface area contributed by atoms with Crippen molar-refractivity contribution in [2.45, 2.75) is 4.83 Å². The summed E-state index contributed by atoms with van der Waals surface area (Å²) < 4.78 is 13.3. The highest BCUT2D eigenvalue weighted by Gasteiger charge is 2.15. The maximum atomic E-state index is 13.3. The normalized spacial score (nSPS) is 12.7. The highest BCUT2D eigenvalue weighted by molar-refractivity contribution is 9.09. The lowest BCUT2D eigenvalue weighted by Gasteiger charge is -2.07. The predicted octanol–water partition coefficient (Wildman–Crippen LogP) is 4.37. The Morgan fingerprint density at radius 2 is 1.86 bits per heavy atom. The van der Waals surface area contributed by atoms with Crippen LogP contribution in [0.2, 0.25) is 0 Å². The Morgan fingerprint density at radius 3 is 2.43 bits per heavy atom. The Morgan fingerprint density at radius 1 is 1.14 bits per heavy atom. The van der Waals surface area contributed by atoms with Crippen molar-refractivity contribution in [1.82, 2.24) is 0 Å². The van der Waals surface area contributed by atoms with Crippen LogP contribution in [0, 0.1) is 5.82 Å². The van der Waals surface area contributed by atoms with Crippen LogP contribution in [0.3, 0.4) is 0 Å². The maximum Gasteiger partial charge on any atom is 0.138 e. The lowest BCUT2D eigenvalue weighted by Crippen LogP contribution is -1.91. The van der Waals surface area contributed by atoms with Crippen LogP contribution in [-0.4, -0.2) is 0 Å². The first-order chi connectivity index (χ1) is 6.79. The molecule has 1 aromatic heterocycles. The van der Waals surface area contributed by atoms with E-state index in [1.54, 1.807) is 5.38 Å². The van der Waals surface area contributed by atoms with Gasteiger partial charge < -0.3 is 0 Å². The van der Waals surface area contributed by atoms with Crippen molar-refractivity contribution in [3.8, 4) is 0 Å². The van der Waals surface area contributed by atoms with E-state index in [0.717, 1.165) is 10.4 Å². The second-order valence-corrected chi connectivity index (χ2v) is 4.77. The average molecular weight is 271 g/mol. The van der Waals surface area contributed by atoms with Crippen molar-refractivity contribution in [2.24, 2.45) is 0 Å². The van der Waals surface area contributed by atoms with Crippen LogP contribution in [0.4, 0.5) is 4.39 Å². The number of halogens is 2. The number of benzene rings is 1. The van der Waals surface area contributed by atoms with Gasteiger partial charge in [0.1, 0.15) is 5.82 Å². The SMILES string of the molecule is Fc1ccsc1C(Br)c1ccccc1. The Bertz CT molecular complexity index is 410. The third-order valence-corrected chi connectivity index (χ3v) is 4.21. The quantitative estimate of drug-likeness (QED) is 0.711. The van der Waals surface area contributed by atoms with E-state index >= 15 is 0 Å². The third-order valence-electron chi connectivity index (χ3n) is 1.97. The summed E-state index contributed by atoms with van der Waals surface area (Å²) in [5.41, 5.74) is 1.08. The molecule has 0 N–H and O–H groups in total. The third kappa shape index (κ3) is 1.88. The second-order valence-electron chi connectivity index (χ2n) is 2.91. The first kappa shape index (κ1) is 9.87. The minimum atomic E-state index is -0.138. The van der Waals surface area contributed by atoms with Crippen molar-refractivity contribution in [3.63, 3.8) is 0 Å². The zero-order valence-electron chi connectivity index (χ0n) is 7.28. The molecule has 1 heterocycles. The molecule has 1 atom stereocenters. The van der Waals surface area contributed by atoms with Crippen molar-refractivity contribution in [2.75, 3.05) is 0 Å². The molecular formula is C11H8BrFS. The first-order valence-electron chi connectivity index (χ1n) is 4.21. The fourth-order valence-electron chi connectivity index (χ4n) is 1.26. The molecule has 3 heteroatoms. The van der Waals surface area contributed by atoms with Crippen molar-refractivity contribution >= 4 is 27.3 Å². The number of alkyl halides is 1. The summed E-state index contributed by atoms with van der Waals surface area (Å²) in [6, 6.07) is 11.3. The molecule has 0 spiro atoms. The molecule has 0 saturated heterocycles. The number of hydrogen-bond donors (Lipinski definition) is 0. The fraction of sp³-hybridized carbons (Fsp3) is 0.0909. The highest BCUT2D eigenvalue weighted by atomic mass is 79.9. The van der Waals surface area contributed by atoms with Crippen LogP contribution >= 0.6 is 27.3 Å². The van der Waals surface area contributed by atoms with Gasteiger partial charge in [-0.1, -0.05) is 46.3 Å². The molecule has 0 fully saturated rings. The molecule has 0 aliphatic carbocycles. The predicted molar refractivity (Wildman–Crippen MR) is 61.5 cm³/mol. The summed E-state index contributed by atoms with van der Waals surface area (Å²) in [6.07, 6.45) is 0. The molecule has 2 aromatic rings. The summed E-state index contributed by atoms with van der Waals surface area (Å²) in [5.74, 6) is -0.138. The highest BCUT2D eigenvalue weighted by Crippen LogP contribution is 2.35. The minimum Gasteiger partial charge on any atom is -0.206 e. The van der Waals surface area contributed by atoms with Crippen LogP contribution in [0.15, 0.2) is 41.8 Å². The van der Waals surface area contributed by atoms with Gasteiger partial charge >= 0.3 is 0 Å². The van der Waals surface area contributed by atoms with E-state index < -0.39 is 0 Å². The van der Waals surface area contributed by atoms with Gasteiger partial charge in [0.15, 0.2) is 0 Å². The molecule has 0 nitrogen and oxygen atoms in total. The summed E-state index contributed by atoms with van der Waals surface area (Å²) in [6.45, 7) is 0. The first-order valence-corrected chi connectivity index (χ1v) is 6.00. The molecule has 0 aliphatic rings. The van der Waals surface area contributed by atoms with Gasteiger partial charge in [0.25, 0.3) is 0 Å². The monoisotopic (exact) mass is 270 g/mol. The van der Waals surface area contributed by atoms with Gasteiger partial charge in [-0.15, -0.1) is 11.3 Å². The molecule has 72 valence electrons. The van der Waals surface area contributed by atoms with E-state index in [2.05, 4.69) is 15.9 Å². The summed E-state index contributed by atoms with van der Waals surface area (Å²) in [7, 11) is 0. The number of thiophene rings is 1. The van der Waals surface area contributed by atoms with Gasteiger partial charge in [-0.05, 0) is 17.0 Å². The van der Waals surface area contributed by atoms with Gasteiger partial charge in [0.2, 0.25) is 0 Å². The van der Waals surface area contributed by atoms with Crippen LogP contribution in [-0.2, 0) is 0 Å². The van der Waals surface area contributed by atoms with Crippen LogP contribution in [0.25, 0.3) is 0 Å². The zero-order chi connectivity index (χ0) is 9.97. The van der Waals surface area contributed by atoms with E-state index in [1.807, 2.05) is 30.3 Å². The average Bonchev–Trinajstić information content (AvgIpc) is 2.65. The second kappa shape index (κ2) is 4.24. The maximum absolute atomic E-state index is 13.3. The summed E-state index contributed by atoms with van der Waals surface area (Å²) in [4.78, 5) is 0.694. The zero-order valence-corrected chi connectivity index (χ0v) is 9.69. The molecule has 0 amide bonds. The molecule has 1 aromatic carbocycles. The van der Waals surface area contributed by atoms with Crippen LogP contribution < -0.4 is 0 Å². The van der Waals surface area contributed by atoms with Gasteiger partial charge in [0.05, 0.1) is 9.70 Å². The number of hydrogen-bond acceptors (Lipinski definition) is 1. The van der Waals surface area contributed by atoms with Gasteiger partial charge in [-0.3, -0.25) is 0 Å². The van der Waals surface area contributed by atoms with E-state index in [-0.39, 0.29) is 10.6 Å². The van der Waals surface area contributed by atoms with Crippen molar-refractivity contribution in [1.29, 1.82) is 0 Å². The molecule has 0 saturated carbocycles. The van der Waals surface area contributed by atoms with E-state index in [1.165, 1.54) is 17.4 Å². The Hall–Kier alpha value is -0.670. The topological polar surface area (TPSA) is 0 Å². The van der Waals surface area contributed by atoms with E-state index in [9.17, 15) is 4.39 Å². The Kier molecular flexibility index (Phi) is 2.99. The van der Waals surface area contributed by atoms with Gasteiger partial charge in [0, 0.05) is 0 Å². The van der Waals surface area contributed by atoms with Crippen molar-refractivity contribution in [3.05, 3.63) is 58.0 Å². The molecule has 14 heavy (non-hydrogen) atoms. The minimum absolute atomic E-state index is 0.0382. The van der Waals surface area contributed by atoms with E-state index in [0.29, 0.717) is 0 Å².